The van der Waals surface area contributed by atoms with Crippen LogP contribution < -0.4 is 14.8 Å². The van der Waals surface area contributed by atoms with Crippen molar-refractivity contribution >= 4 is 16.8 Å². The summed E-state index contributed by atoms with van der Waals surface area (Å²) in [5.41, 5.74) is 3.71. The van der Waals surface area contributed by atoms with Gasteiger partial charge in [-0.25, -0.2) is 0 Å². The van der Waals surface area contributed by atoms with Crippen molar-refractivity contribution < 1.29 is 14.3 Å². The molecule has 134 valence electrons. The molecule has 0 bridgehead atoms. The molecule has 0 fully saturated rings. The Balaban J connectivity index is 1.30. The summed E-state index contributed by atoms with van der Waals surface area (Å²) >= 11 is 0. The molecule has 0 radical (unpaired) electrons. The molecular formula is C21H22N2O3. The highest BCUT2D eigenvalue weighted by atomic mass is 16.5. The lowest BCUT2D eigenvalue weighted by Gasteiger charge is -2.13. The van der Waals surface area contributed by atoms with E-state index in [2.05, 4.69) is 22.4 Å². The van der Waals surface area contributed by atoms with Crippen LogP contribution in [0, 0.1) is 0 Å². The topological polar surface area (TPSA) is 63.4 Å². The molecule has 2 N–H and O–H groups in total. The molecule has 1 aliphatic rings. The first-order valence-electron chi connectivity index (χ1n) is 8.96. The van der Waals surface area contributed by atoms with E-state index in [1.54, 1.807) is 0 Å². The molecule has 0 saturated heterocycles. The highest BCUT2D eigenvalue weighted by Gasteiger charge is 2.26. The van der Waals surface area contributed by atoms with Crippen molar-refractivity contribution in [3.8, 4) is 11.5 Å². The Morgan fingerprint density at radius 2 is 1.81 bits per heavy atom. The van der Waals surface area contributed by atoms with Crippen molar-refractivity contribution in [2.45, 2.75) is 25.8 Å². The van der Waals surface area contributed by atoms with Crippen LogP contribution in [0.2, 0.25) is 0 Å². The number of nitrogens with one attached hydrogen (secondary N) is 2. The normalized spacial score (nSPS) is 15.7. The third-order valence-electron chi connectivity index (χ3n) is 4.67. The van der Waals surface area contributed by atoms with Gasteiger partial charge in [0.2, 0.25) is 0 Å². The van der Waals surface area contributed by atoms with E-state index >= 15 is 0 Å². The zero-order chi connectivity index (χ0) is 17.9. The van der Waals surface area contributed by atoms with Gasteiger partial charge in [-0.1, -0.05) is 18.2 Å². The number of aromatic amines is 1. The van der Waals surface area contributed by atoms with Crippen LogP contribution in [-0.4, -0.2) is 30.1 Å². The Hall–Kier alpha value is -2.95. The standard InChI is InChI=1S/C21H22N2O3/c1-2-25-15-7-9-16(10-8-15)26-13-21(24)22-14-11-18-17-5-3-4-6-19(17)23-20(18)12-14/h3-10,14,23H,2,11-13H2,1H3,(H,22,24). The lowest BCUT2D eigenvalue weighted by atomic mass is 10.1. The van der Waals surface area contributed by atoms with E-state index in [0.717, 1.165) is 18.6 Å². The SMILES string of the molecule is CCOc1ccc(OCC(=O)NC2Cc3[nH]c4ccccc4c3C2)cc1. The minimum Gasteiger partial charge on any atom is -0.494 e. The molecule has 1 aliphatic carbocycles. The molecule has 1 atom stereocenters. The van der Waals surface area contributed by atoms with Gasteiger partial charge in [0.15, 0.2) is 6.61 Å². The van der Waals surface area contributed by atoms with Crippen LogP contribution in [0.3, 0.4) is 0 Å². The Bertz CT molecular complexity index is 915. The molecule has 2 aromatic carbocycles. The molecule has 0 saturated carbocycles. The van der Waals surface area contributed by atoms with E-state index < -0.39 is 0 Å². The maximum Gasteiger partial charge on any atom is 0.258 e. The Labute approximate surface area is 152 Å². The van der Waals surface area contributed by atoms with Gasteiger partial charge in [-0.3, -0.25) is 4.79 Å². The summed E-state index contributed by atoms with van der Waals surface area (Å²) in [4.78, 5) is 15.7. The van der Waals surface area contributed by atoms with Gasteiger partial charge in [0.25, 0.3) is 5.91 Å². The molecule has 26 heavy (non-hydrogen) atoms. The summed E-state index contributed by atoms with van der Waals surface area (Å²) in [6.45, 7) is 2.58. The predicted molar refractivity (Wildman–Crippen MR) is 101 cm³/mol. The number of hydrogen-bond donors (Lipinski definition) is 2. The second kappa shape index (κ2) is 7.12. The van der Waals surface area contributed by atoms with Gasteiger partial charge < -0.3 is 19.8 Å². The average Bonchev–Trinajstić information content (AvgIpc) is 3.18. The van der Waals surface area contributed by atoms with E-state index in [9.17, 15) is 4.79 Å². The van der Waals surface area contributed by atoms with Crippen LogP contribution in [-0.2, 0) is 17.6 Å². The first kappa shape index (κ1) is 16.5. The van der Waals surface area contributed by atoms with Gasteiger partial charge in [0.05, 0.1) is 6.61 Å². The van der Waals surface area contributed by atoms with Crippen molar-refractivity contribution in [2.24, 2.45) is 0 Å². The van der Waals surface area contributed by atoms with E-state index in [1.165, 1.54) is 22.2 Å². The molecule has 4 rings (SSSR count). The van der Waals surface area contributed by atoms with Crippen molar-refractivity contribution in [1.29, 1.82) is 0 Å². The first-order chi connectivity index (χ1) is 12.7. The quantitative estimate of drug-likeness (QED) is 0.717. The maximum atomic E-state index is 12.2. The Kier molecular flexibility index (Phi) is 4.52. The highest BCUT2D eigenvalue weighted by Crippen LogP contribution is 2.29. The average molecular weight is 350 g/mol. The largest absolute Gasteiger partial charge is 0.494 e. The molecule has 1 amide bonds. The molecule has 3 aromatic rings. The number of aromatic nitrogens is 1. The maximum absolute atomic E-state index is 12.2. The summed E-state index contributed by atoms with van der Waals surface area (Å²) in [5, 5.41) is 4.32. The zero-order valence-corrected chi connectivity index (χ0v) is 14.7. The van der Waals surface area contributed by atoms with E-state index in [1.807, 2.05) is 43.3 Å². The fourth-order valence-corrected chi connectivity index (χ4v) is 3.55. The smallest absolute Gasteiger partial charge is 0.258 e. The molecule has 1 aromatic heterocycles. The van der Waals surface area contributed by atoms with Gasteiger partial charge in [-0.05, 0) is 49.2 Å². The molecule has 0 aliphatic heterocycles. The lowest BCUT2D eigenvalue weighted by Crippen LogP contribution is -2.38. The number of para-hydroxylation sites is 1. The van der Waals surface area contributed by atoms with Gasteiger partial charge in [0, 0.05) is 29.1 Å². The number of benzene rings is 2. The molecule has 0 spiro atoms. The number of carbonyl (C=O) groups excluding carboxylic acids is 1. The van der Waals surface area contributed by atoms with Crippen LogP contribution in [0.4, 0.5) is 0 Å². The number of fused-ring (bicyclic) bond motifs is 3. The van der Waals surface area contributed by atoms with Gasteiger partial charge in [-0.15, -0.1) is 0 Å². The van der Waals surface area contributed by atoms with Crippen molar-refractivity contribution in [3.05, 3.63) is 59.8 Å². The van der Waals surface area contributed by atoms with Crippen LogP contribution in [0.25, 0.3) is 10.9 Å². The summed E-state index contributed by atoms with van der Waals surface area (Å²) in [7, 11) is 0. The van der Waals surface area contributed by atoms with Crippen LogP contribution in [0.1, 0.15) is 18.2 Å². The predicted octanol–water partition coefficient (Wildman–Crippen LogP) is 3.23. The minimum absolute atomic E-state index is 0.0131. The third kappa shape index (κ3) is 3.38. The second-order valence-electron chi connectivity index (χ2n) is 6.49. The number of H-pyrrole nitrogens is 1. The number of amides is 1. The van der Waals surface area contributed by atoms with E-state index in [0.29, 0.717) is 12.4 Å². The highest BCUT2D eigenvalue weighted by molar-refractivity contribution is 5.86. The first-order valence-corrected chi connectivity index (χ1v) is 8.96. The van der Waals surface area contributed by atoms with Crippen LogP contribution in [0.5, 0.6) is 11.5 Å². The summed E-state index contributed by atoms with van der Waals surface area (Å²) in [6.07, 6.45) is 1.69. The third-order valence-corrected chi connectivity index (χ3v) is 4.67. The molecule has 5 nitrogen and oxygen atoms in total. The van der Waals surface area contributed by atoms with Crippen LogP contribution >= 0.6 is 0 Å². The fraction of sp³-hybridized carbons (Fsp3) is 0.286. The van der Waals surface area contributed by atoms with Crippen LogP contribution in [0.15, 0.2) is 48.5 Å². The fourth-order valence-electron chi connectivity index (χ4n) is 3.55. The number of hydrogen-bond acceptors (Lipinski definition) is 3. The van der Waals surface area contributed by atoms with Gasteiger partial charge in [-0.2, -0.15) is 0 Å². The second-order valence-corrected chi connectivity index (χ2v) is 6.49. The number of carbonyl (C=O) groups is 1. The molecule has 5 heteroatoms. The summed E-state index contributed by atoms with van der Waals surface area (Å²) < 4.78 is 11.0. The monoisotopic (exact) mass is 350 g/mol. The lowest BCUT2D eigenvalue weighted by molar-refractivity contribution is -0.123. The summed E-state index contributed by atoms with van der Waals surface area (Å²) in [5.74, 6) is 1.35. The van der Waals surface area contributed by atoms with Crippen molar-refractivity contribution in [2.75, 3.05) is 13.2 Å². The Morgan fingerprint density at radius 1 is 1.08 bits per heavy atom. The molecule has 1 unspecified atom stereocenters. The number of rotatable bonds is 6. The van der Waals surface area contributed by atoms with E-state index in [-0.39, 0.29) is 18.6 Å². The van der Waals surface area contributed by atoms with Gasteiger partial charge >= 0.3 is 0 Å². The Morgan fingerprint density at radius 3 is 2.58 bits per heavy atom. The van der Waals surface area contributed by atoms with Crippen molar-refractivity contribution in [1.82, 2.24) is 10.3 Å². The number of ether oxygens (including phenoxy) is 2. The summed E-state index contributed by atoms with van der Waals surface area (Å²) in [6, 6.07) is 15.7. The van der Waals surface area contributed by atoms with Crippen molar-refractivity contribution in [3.63, 3.8) is 0 Å². The van der Waals surface area contributed by atoms with E-state index in [4.69, 9.17) is 9.47 Å². The molecule has 1 heterocycles. The zero-order valence-electron chi connectivity index (χ0n) is 14.7. The van der Waals surface area contributed by atoms with Gasteiger partial charge in [0.1, 0.15) is 11.5 Å². The minimum atomic E-state index is -0.0988. The molecular weight excluding hydrogens is 328 g/mol.